The third kappa shape index (κ3) is 5.58. The number of aryl methyl sites for hydroxylation is 1. The molecule has 2 N–H and O–H groups in total. The number of hydrogen-bond donors (Lipinski definition) is 2. The number of carbonyl (C=O) groups excluding carboxylic acids is 1. The predicted octanol–water partition coefficient (Wildman–Crippen LogP) is 2.79. The fraction of sp³-hybridized carbons (Fsp3) is 0.211. The lowest BCUT2D eigenvalue weighted by molar-refractivity contribution is 0.0977. The van der Waals surface area contributed by atoms with Crippen LogP contribution in [0.3, 0.4) is 0 Å². The normalized spacial score (nSPS) is 10.3. The van der Waals surface area contributed by atoms with Gasteiger partial charge in [-0.05, 0) is 53.7 Å². The van der Waals surface area contributed by atoms with Crippen LogP contribution in [0.15, 0.2) is 54.6 Å². The molecule has 0 saturated carbocycles. The molecule has 0 bridgehead atoms. The molecule has 0 fully saturated rings. The molecule has 0 atom stereocenters. The van der Waals surface area contributed by atoms with Crippen LogP contribution >= 0.6 is 12.2 Å². The summed E-state index contributed by atoms with van der Waals surface area (Å²) in [4.78, 5) is 13.8. The van der Waals surface area contributed by atoms with Crippen molar-refractivity contribution in [1.29, 1.82) is 0 Å². The van der Waals surface area contributed by atoms with Crippen molar-refractivity contribution in [2.75, 3.05) is 5.32 Å². The minimum absolute atomic E-state index is 0.102. The number of nitrogens with zero attached hydrogens (tertiary/aromatic N) is 4. The van der Waals surface area contributed by atoms with Crippen LogP contribution in [0.25, 0.3) is 0 Å². The molecular formula is C19H20N6O2S. The number of tetrazole rings is 1. The molecule has 3 rings (SSSR count). The van der Waals surface area contributed by atoms with Crippen LogP contribution in [0.5, 0.6) is 5.75 Å². The van der Waals surface area contributed by atoms with Gasteiger partial charge in [0.1, 0.15) is 12.4 Å². The fourth-order valence-corrected chi connectivity index (χ4v) is 2.52. The van der Waals surface area contributed by atoms with E-state index in [1.165, 1.54) is 4.80 Å². The molecule has 0 aliphatic heterocycles. The van der Waals surface area contributed by atoms with E-state index in [-0.39, 0.29) is 17.0 Å². The van der Waals surface area contributed by atoms with Crippen molar-refractivity contribution < 1.29 is 9.53 Å². The highest BCUT2D eigenvalue weighted by Gasteiger charge is 2.10. The number of nitrogens with one attached hydrogen (secondary N) is 2. The van der Waals surface area contributed by atoms with Gasteiger partial charge < -0.3 is 4.74 Å². The number of carbonyl (C=O) groups is 1. The average molecular weight is 396 g/mol. The fourth-order valence-electron chi connectivity index (χ4n) is 2.34. The molecule has 1 heterocycles. The van der Waals surface area contributed by atoms with Crippen molar-refractivity contribution in [2.45, 2.75) is 26.5 Å². The molecule has 0 aliphatic carbocycles. The van der Waals surface area contributed by atoms with Crippen LogP contribution in [0.1, 0.15) is 29.3 Å². The number of amides is 1. The van der Waals surface area contributed by atoms with E-state index >= 15 is 0 Å². The quantitative estimate of drug-likeness (QED) is 0.593. The summed E-state index contributed by atoms with van der Waals surface area (Å²) in [5.74, 6) is 0.578. The number of ether oxygens (including phenoxy) is 1. The second kappa shape index (κ2) is 9.56. The van der Waals surface area contributed by atoms with Crippen molar-refractivity contribution in [2.24, 2.45) is 0 Å². The highest BCUT2D eigenvalue weighted by Crippen LogP contribution is 2.14. The maximum absolute atomic E-state index is 12.3. The van der Waals surface area contributed by atoms with Crippen molar-refractivity contribution in [3.63, 3.8) is 0 Å². The third-order valence-electron chi connectivity index (χ3n) is 3.69. The monoisotopic (exact) mass is 396 g/mol. The van der Waals surface area contributed by atoms with E-state index in [9.17, 15) is 4.79 Å². The maximum atomic E-state index is 12.3. The van der Waals surface area contributed by atoms with Gasteiger partial charge in [0.05, 0.1) is 6.54 Å². The number of thiocarbonyl (C=S) groups is 1. The standard InChI is InChI=1S/C19H20N6O2S/c1-2-12-25-23-18(22-24-25)21-19(28)20-17(26)15-8-10-16(11-9-15)27-13-14-6-4-3-5-7-14/h3-11H,2,12-13H2,1H3,(H2,20,21,23,26,28). The minimum atomic E-state index is -0.340. The van der Waals surface area contributed by atoms with Crippen LogP contribution in [0.2, 0.25) is 0 Å². The smallest absolute Gasteiger partial charge is 0.269 e. The van der Waals surface area contributed by atoms with Gasteiger partial charge in [-0.15, -0.1) is 5.10 Å². The Morgan fingerprint density at radius 1 is 1.14 bits per heavy atom. The number of rotatable bonds is 7. The zero-order valence-electron chi connectivity index (χ0n) is 15.3. The molecule has 8 nitrogen and oxygen atoms in total. The van der Waals surface area contributed by atoms with Crippen LogP contribution in [-0.4, -0.2) is 31.2 Å². The highest BCUT2D eigenvalue weighted by molar-refractivity contribution is 7.80. The van der Waals surface area contributed by atoms with Gasteiger partial charge in [-0.3, -0.25) is 15.4 Å². The molecule has 0 saturated heterocycles. The van der Waals surface area contributed by atoms with Crippen LogP contribution < -0.4 is 15.4 Å². The summed E-state index contributed by atoms with van der Waals surface area (Å²) >= 11 is 5.12. The second-order valence-electron chi connectivity index (χ2n) is 5.92. The van der Waals surface area contributed by atoms with E-state index in [1.54, 1.807) is 24.3 Å². The number of hydrogen-bond acceptors (Lipinski definition) is 6. The van der Waals surface area contributed by atoms with Gasteiger partial charge in [-0.1, -0.05) is 42.4 Å². The Labute approximate surface area is 167 Å². The van der Waals surface area contributed by atoms with Gasteiger partial charge >= 0.3 is 0 Å². The van der Waals surface area contributed by atoms with Crippen molar-refractivity contribution >= 4 is 29.2 Å². The molecule has 0 radical (unpaired) electrons. The zero-order valence-corrected chi connectivity index (χ0v) is 16.1. The largest absolute Gasteiger partial charge is 0.489 e. The van der Waals surface area contributed by atoms with Crippen molar-refractivity contribution in [1.82, 2.24) is 25.5 Å². The van der Waals surface area contributed by atoms with Crippen LogP contribution in [0, 0.1) is 0 Å². The highest BCUT2D eigenvalue weighted by atomic mass is 32.1. The van der Waals surface area contributed by atoms with E-state index in [0.717, 1.165) is 12.0 Å². The average Bonchev–Trinajstić information content (AvgIpc) is 3.14. The Morgan fingerprint density at radius 2 is 1.89 bits per heavy atom. The first kappa shape index (κ1) is 19.4. The van der Waals surface area contributed by atoms with E-state index in [4.69, 9.17) is 17.0 Å². The SMILES string of the molecule is CCCn1nnc(NC(=S)NC(=O)c2ccc(OCc3ccccc3)cc2)n1. The van der Waals surface area contributed by atoms with E-state index < -0.39 is 0 Å². The first-order chi connectivity index (χ1) is 13.6. The molecule has 0 spiro atoms. The second-order valence-corrected chi connectivity index (χ2v) is 6.32. The van der Waals surface area contributed by atoms with Gasteiger partial charge in [-0.25, -0.2) is 0 Å². The summed E-state index contributed by atoms with van der Waals surface area (Å²) in [6.45, 7) is 3.14. The van der Waals surface area contributed by atoms with Gasteiger partial charge in [0.25, 0.3) is 11.9 Å². The van der Waals surface area contributed by atoms with Crippen LogP contribution in [0.4, 0.5) is 5.95 Å². The lowest BCUT2D eigenvalue weighted by atomic mass is 10.2. The molecule has 0 aliphatic rings. The third-order valence-corrected chi connectivity index (χ3v) is 3.90. The summed E-state index contributed by atoms with van der Waals surface area (Å²) in [5, 5.41) is 17.2. The molecule has 0 unspecified atom stereocenters. The molecular weight excluding hydrogens is 376 g/mol. The molecule has 9 heteroatoms. The Morgan fingerprint density at radius 3 is 2.61 bits per heavy atom. The van der Waals surface area contributed by atoms with Gasteiger partial charge in [0, 0.05) is 5.56 Å². The van der Waals surface area contributed by atoms with Gasteiger partial charge in [-0.2, -0.15) is 4.80 Å². The molecule has 2 aromatic carbocycles. The van der Waals surface area contributed by atoms with Crippen LogP contribution in [-0.2, 0) is 13.2 Å². The zero-order chi connectivity index (χ0) is 19.8. The van der Waals surface area contributed by atoms with Crippen molar-refractivity contribution in [3.8, 4) is 5.75 Å². The maximum Gasteiger partial charge on any atom is 0.269 e. The summed E-state index contributed by atoms with van der Waals surface area (Å²) in [7, 11) is 0. The number of anilines is 1. The Hall–Kier alpha value is -3.33. The Balaban J connectivity index is 1.50. The molecule has 1 amide bonds. The van der Waals surface area contributed by atoms with Gasteiger partial charge in [0.15, 0.2) is 5.11 Å². The molecule has 28 heavy (non-hydrogen) atoms. The summed E-state index contributed by atoms with van der Waals surface area (Å²) in [6.07, 6.45) is 0.891. The predicted molar refractivity (Wildman–Crippen MR) is 109 cm³/mol. The van der Waals surface area contributed by atoms with E-state index in [1.807, 2.05) is 37.3 Å². The lowest BCUT2D eigenvalue weighted by Gasteiger charge is -2.08. The molecule has 1 aromatic heterocycles. The molecule has 3 aromatic rings. The summed E-state index contributed by atoms with van der Waals surface area (Å²) < 4.78 is 5.71. The number of aromatic nitrogens is 4. The first-order valence-corrected chi connectivity index (χ1v) is 9.22. The minimum Gasteiger partial charge on any atom is -0.489 e. The lowest BCUT2D eigenvalue weighted by Crippen LogP contribution is -2.34. The summed E-state index contributed by atoms with van der Waals surface area (Å²) in [6, 6.07) is 16.7. The van der Waals surface area contributed by atoms with E-state index in [0.29, 0.717) is 24.5 Å². The Bertz CT molecular complexity index is 927. The van der Waals surface area contributed by atoms with E-state index in [2.05, 4.69) is 26.0 Å². The molecule has 144 valence electrons. The van der Waals surface area contributed by atoms with Gasteiger partial charge in [0.2, 0.25) is 0 Å². The van der Waals surface area contributed by atoms with Crippen molar-refractivity contribution in [3.05, 3.63) is 65.7 Å². The Kier molecular flexibility index (Phi) is 6.64. The first-order valence-electron chi connectivity index (χ1n) is 8.81. The number of benzene rings is 2. The summed E-state index contributed by atoms with van der Waals surface area (Å²) in [5.41, 5.74) is 1.53. The topological polar surface area (TPSA) is 94.0 Å².